The fraction of sp³-hybridized carbons (Fsp3) is 0.214. The van der Waals surface area contributed by atoms with Crippen LogP contribution in [0.5, 0.6) is 0 Å². The zero-order valence-corrected chi connectivity index (χ0v) is 12.9. The monoisotopic (exact) mass is 321 g/mol. The predicted molar refractivity (Wildman–Crippen MR) is 79.5 cm³/mol. The minimum absolute atomic E-state index is 0.0255. The summed E-state index contributed by atoms with van der Waals surface area (Å²) < 4.78 is 27.3. The SMILES string of the molecule is Cc1ccc(/C=C/C(=O)NCc2nnc(S(C)(=O)=O)o2)cc1. The average Bonchev–Trinajstić information content (AvgIpc) is 2.93. The van der Waals surface area contributed by atoms with Crippen LogP contribution in [0.3, 0.4) is 0 Å². The van der Waals surface area contributed by atoms with Gasteiger partial charge in [-0.15, -0.1) is 5.10 Å². The maximum absolute atomic E-state index is 11.7. The summed E-state index contributed by atoms with van der Waals surface area (Å²) in [6.07, 6.45) is 4.01. The molecule has 1 N–H and O–H groups in total. The molecule has 0 aliphatic carbocycles. The molecule has 1 amide bonds. The van der Waals surface area contributed by atoms with Gasteiger partial charge in [0.1, 0.15) is 0 Å². The second kappa shape index (κ2) is 6.52. The van der Waals surface area contributed by atoms with E-state index in [4.69, 9.17) is 4.42 Å². The van der Waals surface area contributed by atoms with Crippen molar-refractivity contribution in [1.29, 1.82) is 0 Å². The molecule has 0 unspecified atom stereocenters. The fourth-order valence-corrected chi connectivity index (χ4v) is 1.97. The number of benzene rings is 1. The van der Waals surface area contributed by atoms with E-state index in [0.717, 1.165) is 17.4 Å². The number of nitrogens with one attached hydrogen (secondary N) is 1. The highest BCUT2D eigenvalue weighted by atomic mass is 32.2. The van der Waals surface area contributed by atoms with E-state index >= 15 is 0 Å². The van der Waals surface area contributed by atoms with Crippen LogP contribution in [0.4, 0.5) is 0 Å². The van der Waals surface area contributed by atoms with Crippen molar-refractivity contribution in [2.24, 2.45) is 0 Å². The molecule has 0 saturated heterocycles. The van der Waals surface area contributed by atoms with Crippen molar-refractivity contribution in [3.05, 3.63) is 47.4 Å². The largest absolute Gasteiger partial charge is 0.411 e. The van der Waals surface area contributed by atoms with Crippen molar-refractivity contribution in [1.82, 2.24) is 15.5 Å². The van der Waals surface area contributed by atoms with Gasteiger partial charge >= 0.3 is 5.22 Å². The first kappa shape index (κ1) is 15.9. The average molecular weight is 321 g/mol. The lowest BCUT2D eigenvalue weighted by molar-refractivity contribution is -0.116. The molecule has 0 spiro atoms. The molecule has 2 aromatic rings. The van der Waals surface area contributed by atoms with Crippen LogP contribution in [0.2, 0.25) is 0 Å². The van der Waals surface area contributed by atoms with Crippen LogP contribution in [0, 0.1) is 6.92 Å². The zero-order chi connectivity index (χ0) is 16.2. The molecule has 116 valence electrons. The molecule has 0 bridgehead atoms. The first-order valence-corrected chi connectivity index (χ1v) is 8.29. The van der Waals surface area contributed by atoms with E-state index in [-0.39, 0.29) is 18.3 Å². The number of hydrogen-bond acceptors (Lipinski definition) is 6. The van der Waals surface area contributed by atoms with Gasteiger partial charge in [0.05, 0.1) is 6.54 Å². The molecule has 7 nitrogen and oxygen atoms in total. The molecule has 2 rings (SSSR count). The zero-order valence-electron chi connectivity index (χ0n) is 12.1. The van der Waals surface area contributed by atoms with Crippen LogP contribution >= 0.6 is 0 Å². The third-order valence-electron chi connectivity index (χ3n) is 2.68. The molecule has 0 aliphatic heterocycles. The lowest BCUT2D eigenvalue weighted by atomic mass is 10.1. The maximum Gasteiger partial charge on any atom is 0.335 e. The fourth-order valence-electron chi connectivity index (χ4n) is 1.53. The molecular formula is C14H15N3O4S. The molecule has 8 heteroatoms. The second-order valence-electron chi connectivity index (χ2n) is 4.70. The Bertz CT molecular complexity index is 792. The van der Waals surface area contributed by atoms with E-state index in [0.29, 0.717) is 0 Å². The number of carbonyl (C=O) groups is 1. The van der Waals surface area contributed by atoms with Gasteiger partial charge in [0.2, 0.25) is 21.6 Å². The molecule has 0 aliphatic rings. The standard InChI is InChI=1S/C14H15N3O4S/c1-10-3-5-11(6-4-10)7-8-12(18)15-9-13-16-17-14(21-13)22(2,19)20/h3-8H,9H2,1-2H3,(H,15,18)/b8-7+. The predicted octanol–water partition coefficient (Wildman–Crippen LogP) is 1.11. The first-order valence-electron chi connectivity index (χ1n) is 6.39. The van der Waals surface area contributed by atoms with Crippen molar-refractivity contribution in [3.63, 3.8) is 0 Å². The van der Waals surface area contributed by atoms with Gasteiger partial charge in [0, 0.05) is 12.3 Å². The number of nitrogens with zero attached hydrogens (tertiary/aromatic N) is 2. The van der Waals surface area contributed by atoms with E-state index < -0.39 is 15.1 Å². The van der Waals surface area contributed by atoms with E-state index in [9.17, 15) is 13.2 Å². The number of aromatic nitrogens is 2. The number of carbonyl (C=O) groups excluding carboxylic acids is 1. The lowest BCUT2D eigenvalue weighted by Crippen LogP contribution is -2.20. The Morgan fingerprint density at radius 1 is 1.27 bits per heavy atom. The summed E-state index contributed by atoms with van der Waals surface area (Å²) in [4.78, 5) is 11.7. The van der Waals surface area contributed by atoms with Crippen LogP contribution in [0.25, 0.3) is 6.08 Å². The van der Waals surface area contributed by atoms with E-state index in [1.54, 1.807) is 6.08 Å². The Balaban J connectivity index is 1.90. The Labute approximate surface area is 128 Å². The van der Waals surface area contributed by atoms with Crippen LogP contribution in [0.1, 0.15) is 17.0 Å². The van der Waals surface area contributed by atoms with Crippen LogP contribution in [-0.2, 0) is 21.2 Å². The van der Waals surface area contributed by atoms with Crippen molar-refractivity contribution in [3.8, 4) is 0 Å². The van der Waals surface area contributed by atoms with Crippen molar-refractivity contribution in [2.75, 3.05) is 6.26 Å². The normalized spacial score (nSPS) is 11.7. The summed E-state index contributed by atoms with van der Waals surface area (Å²) in [7, 11) is -3.54. The molecule has 1 aromatic carbocycles. The molecule has 1 aromatic heterocycles. The molecular weight excluding hydrogens is 306 g/mol. The van der Waals surface area contributed by atoms with Crippen molar-refractivity contribution >= 4 is 21.8 Å². The minimum Gasteiger partial charge on any atom is -0.411 e. The van der Waals surface area contributed by atoms with Gasteiger partial charge in [-0.1, -0.05) is 34.9 Å². The van der Waals surface area contributed by atoms with Crippen molar-refractivity contribution < 1.29 is 17.6 Å². The summed E-state index contributed by atoms with van der Waals surface area (Å²) in [5.41, 5.74) is 2.04. The number of aryl methyl sites for hydroxylation is 1. The Kier molecular flexibility index (Phi) is 4.71. The topological polar surface area (TPSA) is 102 Å². The third kappa shape index (κ3) is 4.52. The Hall–Kier alpha value is -2.48. The minimum atomic E-state index is -3.54. The van der Waals surface area contributed by atoms with Crippen LogP contribution in [0.15, 0.2) is 40.0 Å². The van der Waals surface area contributed by atoms with E-state index in [2.05, 4.69) is 15.5 Å². The smallest absolute Gasteiger partial charge is 0.335 e. The van der Waals surface area contributed by atoms with E-state index in [1.165, 1.54) is 6.08 Å². The highest BCUT2D eigenvalue weighted by molar-refractivity contribution is 7.90. The number of hydrogen-bond donors (Lipinski definition) is 1. The molecule has 22 heavy (non-hydrogen) atoms. The molecule has 0 radical (unpaired) electrons. The number of amides is 1. The summed E-state index contributed by atoms with van der Waals surface area (Å²) in [6.45, 7) is 1.94. The van der Waals surface area contributed by atoms with Crippen LogP contribution in [-0.4, -0.2) is 30.8 Å². The third-order valence-corrected chi connectivity index (χ3v) is 3.48. The quantitative estimate of drug-likeness (QED) is 0.828. The summed E-state index contributed by atoms with van der Waals surface area (Å²) in [6, 6.07) is 7.69. The Morgan fingerprint density at radius 2 is 1.95 bits per heavy atom. The molecule has 0 fully saturated rings. The molecule has 0 saturated carbocycles. The highest BCUT2D eigenvalue weighted by Gasteiger charge is 2.16. The van der Waals surface area contributed by atoms with Gasteiger partial charge in [-0.3, -0.25) is 4.79 Å². The van der Waals surface area contributed by atoms with Crippen LogP contribution < -0.4 is 5.32 Å². The van der Waals surface area contributed by atoms with Gasteiger partial charge in [-0.05, 0) is 18.6 Å². The molecule has 1 heterocycles. The van der Waals surface area contributed by atoms with Gasteiger partial charge in [-0.25, -0.2) is 8.42 Å². The van der Waals surface area contributed by atoms with Gasteiger partial charge in [-0.2, -0.15) is 0 Å². The highest BCUT2D eigenvalue weighted by Crippen LogP contribution is 2.07. The summed E-state index contributed by atoms with van der Waals surface area (Å²) >= 11 is 0. The first-order chi connectivity index (χ1) is 10.3. The van der Waals surface area contributed by atoms with E-state index in [1.807, 2.05) is 31.2 Å². The van der Waals surface area contributed by atoms with Gasteiger partial charge in [0.25, 0.3) is 0 Å². The summed E-state index contributed by atoms with van der Waals surface area (Å²) in [5, 5.41) is 9.00. The summed E-state index contributed by atoms with van der Waals surface area (Å²) in [5.74, 6) is -0.322. The lowest BCUT2D eigenvalue weighted by Gasteiger charge is -1.98. The Morgan fingerprint density at radius 3 is 2.55 bits per heavy atom. The maximum atomic E-state index is 11.7. The second-order valence-corrected chi connectivity index (χ2v) is 6.59. The number of rotatable bonds is 5. The van der Waals surface area contributed by atoms with Crippen molar-refractivity contribution in [2.45, 2.75) is 18.7 Å². The number of sulfone groups is 1. The molecule has 0 atom stereocenters. The van der Waals surface area contributed by atoms with Gasteiger partial charge < -0.3 is 9.73 Å². The van der Waals surface area contributed by atoms with Gasteiger partial charge in [0.15, 0.2) is 0 Å².